The number of fused-ring (bicyclic) bond motifs is 1. The highest BCUT2D eigenvalue weighted by atomic mass is 35.5. The second-order valence-corrected chi connectivity index (χ2v) is 8.25. The van der Waals surface area contributed by atoms with E-state index in [0.717, 1.165) is 12.0 Å². The monoisotopic (exact) mass is 380 g/mol. The van der Waals surface area contributed by atoms with Crippen molar-refractivity contribution in [3.05, 3.63) is 28.3 Å². The summed E-state index contributed by atoms with van der Waals surface area (Å²) in [6.45, 7) is 6.87. The van der Waals surface area contributed by atoms with Crippen LogP contribution in [0, 0.1) is 0 Å². The predicted molar refractivity (Wildman–Crippen MR) is 98.3 cm³/mol. The van der Waals surface area contributed by atoms with Gasteiger partial charge in [-0.2, -0.15) is 0 Å². The van der Waals surface area contributed by atoms with Crippen LogP contribution >= 0.6 is 11.6 Å². The molecule has 1 atom stereocenters. The average Bonchev–Trinajstić information content (AvgIpc) is 2.94. The van der Waals surface area contributed by atoms with Gasteiger partial charge in [-0.3, -0.25) is 9.69 Å². The van der Waals surface area contributed by atoms with Gasteiger partial charge in [0.2, 0.25) is 5.91 Å². The van der Waals surface area contributed by atoms with Crippen molar-refractivity contribution in [1.82, 2.24) is 9.80 Å². The molecule has 0 spiro atoms. The van der Waals surface area contributed by atoms with E-state index >= 15 is 0 Å². The number of aromatic hydroxyl groups is 1. The molecule has 0 aromatic heterocycles. The Morgan fingerprint density at radius 2 is 2.04 bits per heavy atom. The standard InChI is InChI=1S/C19H25ClN2O4/c1-19(2,3)26-18(25)22-10-8-12-13(20)6-7-15(23)17(12)14(22)11-21-9-4-5-16(21)24/h6-7,14,23H,4-5,8-11H2,1-3H3. The Kier molecular flexibility index (Phi) is 5.06. The number of likely N-dealkylation sites (tertiary alicyclic amines) is 1. The molecule has 3 rings (SSSR count). The zero-order chi connectivity index (χ0) is 19.1. The summed E-state index contributed by atoms with van der Waals surface area (Å²) < 4.78 is 5.55. The van der Waals surface area contributed by atoms with E-state index < -0.39 is 17.7 Å². The van der Waals surface area contributed by atoms with Crippen molar-refractivity contribution < 1.29 is 19.4 Å². The summed E-state index contributed by atoms with van der Waals surface area (Å²) in [5.74, 6) is 0.164. The van der Waals surface area contributed by atoms with E-state index in [1.165, 1.54) is 0 Å². The van der Waals surface area contributed by atoms with Gasteiger partial charge in [-0.15, -0.1) is 0 Å². The third kappa shape index (κ3) is 3.75. The summed E-state index contributed by atoms with van der Waals surface area (Å²) in [5, 5.41) is 11.1. The molecule has 1 unspecified atom stereocenters. The van der Waals surface area contributed by atoms with Crippen LogP contribution in [0.4, 0.5) is 4.79 Å². The minimum absolute atomic E-state index is 0.0720. The Morgan fingerprint density at radius 3 is 2.65 bits per heavy atom. The fourth-order valence-electron chi connectivity index (χ4n) is 3.63. The van der Waals surface area contributed by atoms with E-state index in [4.69, 9.17) is 16.3 Å². The summed E-state index contributed by atoms with van der Waals surface area (Å²) >= 11 is 6.33. The van der Waals surface area contributed by atoms with Crippen molar-refractivity contribution >= 4 is 23.6 Å². The average molecular weight is 381 g/mol. The molecule has 2 amide bonds. The molecule has 1 aromatic carbocycles. The lowest BCUT2D eigenvalue weighted by molar-refractivity contribution is -0.128. The van der Waals surface area contributed by atoms with Crippen molar-refractivity contribution in [2.45, 2.75) is 51.7 Å². The molecule has 2 aliphatic heterocycles. The molecule has 142 valence electrons. The Bertz CT molecular complexity index is 729. The van der Waals surface area contributed by atoms with Gasteiger partial charge in [0.25, 0.3) is 0 Å². The predicted octanol–water partition coefficient (Wildman–Crippen LogP) is 3.50. The molecule has 2 heterocycles. The second kappa shape index (κ2) is 6.99. The minimum Gasteiger partial charge on any atom is -0.508 e. The second-order valence-electron chi connectivity index (χ2n) is 7.84. The molecule has 0 aliphatic carbocycles. The Labute approximate surface area is 158 Å². The maximum atomic E-state index is 12.8. The van der Waals surface area contributed by atoms with Gasteiger partial charge in [-0.25, -0.2) is 4.79 Å². The first-order valence-electron chi connectivity index (χ1n) is 8.95. The number of amides is 2. The van der Waals surface area contributed by atoms with Crippen LogP contribution in [0.1, 0.15) is 50.8 Å². The van der Waals surface area contributed by atoms with Crippen LogP contribution in [0.15, 0.2) is 12.1 Å². The van der Waals surface area contributed by atoms with Crippen LogP contribution < -0.4 is 0 Å². The lowest BCUT2D eigenvalue weighted by Gasteiger charge is -2.40. The number of carbonyl (C=O) groups excluding carboxylic acids is 2. The van der Waals surface area contributed by atoms with E-state index in [2.05, 4.69) is 0 Å². The molecule has 1 aromatic rings. The normalized spacial score (nSPS) is 20.3. The maximum Gasteiger partial charge on any atom is 0.410 e. The molecule has 26 heavy (non-hydrogen) atoms. The minimum atomic E-state index is -0.623. The molecule has 0 radical (unpaired) electrons. The van der Waals surface area contributed by atoms with E-state index in [1.807, 2.05) is 20.8 Å². The summed E-state index contributed by atoms with van der Waals surface area (Å²) in [6, 6.07) is 2.73. The highest BCUT2D eigenvalue weighted by Gasteiger charge is 2.38. The van der Waals surface area contributed by atoms with E-state index in [1.54, 1.807) is 21.9 Å². The quantitative estimate of drug-likeness (QED) is 0.852. The van der Waals surface area contributed by atoms with E-state index in [9.17, 15) is 14.7 Å². The molecular formula is C19H25ClN2O4. The SMILES string of the molecule is CC(C)(C)OC(=O)N1CCc2c(Cl)ccc(O)c2C1CN1CCCC1=O. The van der Waals surface area contributed by atoms with Crippen molar-refractivity contribution in [3.8, 4) is 5.75 Å². The number of ether oxygens (including phenoxy) is 1. The zero-order valence-electron chi connectivity index (χ0n) is 15.4. The van der Waals surface area contributed by atoms with Crippen LogP contribution in [-0.2, 0) is 16.0 Å². The van der Waals surface area contributed by atoms with Gasteiger partial charge in [0, 0.05) is 36.6 Å². The number of phenols is 1. The van der Waals surface area contributed by atoms with Crippen molar-refractivity contribution in [3.63, 3.8) is 0 Å². The topological polar surface area (TPSA) is 70.1 Å². The van der Waals surface area contributed by atoms with Gasteiger partial charge in [0.15, 0.2) is 0 Å². The first-order chi connectivity index (χ1) is 12.2. The maximum absolute atomic E-state index is 12.8. The lowest BCUT2D eigenvalue weighted by Crippen LogP contribution is -2.47. The number of phenolic OH excluding ortho intramolecular Hbond substituents is 1. The summed E-state index contributed by atoms with van der Waals surface area (Å²) in [5.41, 5.74) is 0.833. The molecule has 0 saturated carbocycles. The van der Waals surface area contributed by atoms with Crippen LogP contribution in [0.3, 0.4) is 0 Å². The van der Waals surface area contributed by atoms with Crippen LogP contribution in [0.2, 0.25) is 5.02 Å². The lowest BCUT2D eigenvalue weighted by atomic mass is 9.91. The van der Waals surface area contributed by atoms with Crippen molar-refractivity contribution in [1.29, 1.82) is 0 Å². The highest BCUT2D eigenvalue weighted by Crippen LogP contribution is 2.40. The zero-order valence-corrected chi connectivity index (χ0v) is 16.2. The molecule has 7 heteroatoms. The molecular weight excluding hydrogens is 356 g/mol. The number of hydrogen-bond acceptors (Lipinski definition) is 4. The van der Waals surface area contributed by atoms with Gasteiger partial charge in [-0.05, 0) is 51.3 Å². The fourth-order valence-corrected chi connectivity index (χ4v) is 3.89. The highest BCUT2D eigenvalue weighted by molar-refractivity contribution is 6.31. The van der Waals surface area contributed by atoms with Gasteiger partial charge in [-0.1, -0.05) is 11.6 Å². The number of hydrogen-bond donors (Lipinski definition) is 1. The molecule has 1 saturated heterocycles. The third-order valence-corrected chi connectivity index (χ3v) is 5.14. The summed E-state index contributed by atoms with van der Waals surface area (Å²) in [4.78, 5) is 28.2. The van der Waals surface area contributed by atoms with Crippen LogP contribution in [0.25, 0.3) is 0 Å². The number of nitrogens with zero attached hydrogens (tertiary/aromatic N) is 2. The molecule has 1 N–H and O–H groups in total. The Morgan fingerprint density at radius 1 is 1.31 bits per heavy atom. The van der Waals surface area contributed by atoms with E-state index in [-0.39, 0.29) is 11.7 Å². The smallest absolute Gasteiger partial charge is 0.410 e. The van der Waals surface area contributed by atoms with Crippen LogP contribution in [0.5, 0.6) is 5.75 Å². The molecule has 1 fully saturated rings. The Balaban J connectivity index is 1.97. The number of benzene rings is 1. The first-order valence-corrected chi connectivity index (χ1v) is 9.33. The van der Waals surface area contributed by atoms with Crippen molar-refractivity contribution in [2.75, 3.05) is 19.6 Å². The number of rotatable bonds is 2. The molecule has 0 bridgehead atoms. The van der Waals surface area contributed by atoms with Gasteiger partial charge < -0.3 is 14.7 Å². The third-order valence-electron chi connectivity index (χ3n) is 4.78. The number of carbonyl (C=O) groups is 2. The largest absolute Gasteiger partial charge is 0.508 e. The van der Waals surface area contributed by atoms with Gasteiger partial charge >= 0.3 is 6.09 Å². The van der Waals surface area contributed by atoms with E-state index in [0.29, 0.717) is 43.1 Å². The first kappa shape index (κ1) is 18.8. The van der Waals surface area contributed by atoms with Crippen LogP contribution in [-0.4, -0.2) is 52.1 Å². The Hall–Kier alpha value is -1.95. The fraction of sp³-hybridized carbons (Fsp3) is 0.579. The molecule has 2 aliphatic rings. The van der Waals surface area contributed by atoms with Gasteiger partial charge in [0.1, 0.15) is 11.4 Å². The van der Waals surface area contributed by atoms with Gasteiger partial charge in [0.05, 0.1) is 6.04 Å². The van der Waals surface area contributed by atoms with Crippen molar-refractivity contribution in [2.24, 2.45) is 0 Å². The summed E-state index contributed by atoms with van der Waals surface area (Å²) in [7, 11) is 0. The summed E-state index contributed by atoms with van der Waals surface area (Å²) in [6.07, 6.45) is 1.42. The number of halogens is 1. The molecule has 6 nitrogen and oxygen atoms in total.